The van der Waals surface area contributed by atoms with Crippen LogP contribution in [0.15, 0.2) is 58.3 Å². The molecule has 0 spiro atoms. The molecule has 0 aliphatic heterocycles. The van der Waals surface area contributed by atoms with Crippen molar-refractivity contribution in [3.8, 4) is 11.8 Å². The van der Waals surface area contributed by atoms with E-state index in [0.717, 1.165) is 0 Å². The summed E-state index contributed by atoms with van der Waals surface area (Å²) in [6.45, 7) is 3.13. The molecule has 1 heterocycles. The highest BCUT2D eigenvalue weighted by Gasteiger charge is 2.55. The smallest absolute Gasteiger partial charge is 0.422 e. The summed E-state index contributed by atoms with van der Waals surface area (Å²) in [5.41, 5.74) is -3.27. The average Bonchev–Trinajstić information content (AvgIpc) is 2.76. The lowest BCUT2D eigenvalue weighted by molar-refractivity contribution is -0.234. The van der Waals surface area contributed by atoms with Crippen molar-refractivity contribution >= 4 is 22.8 Å². The van der Waals surface area contributed by atoms with E-state index in [4.69, 9.17) is 10.00 Å². The SMILES string of the molecule is COc1c(CC#N)cccc1C(C)(C)CC(O)(/C=N/c1cccc2[nH]c(=O)ccc12)C(F)(F)F. The van der Waals surface area contributed by atoms with E-state index in [9.17, 15) is 23.1 Å². The van der Waals surface area contributed by atoms with E-state index in [1.54, 1.807) is 44.2 Å². The van der Waals surface area contributed by atoms with Gasteiger partial charge < -0.3 is 14.8 Å². The van der Waals surface area contributed by atoms with Gasteiger partial charge in [-0.3, -0.25) is 9.79 Å². The van der Waals surface area contributed by atoms with Crippen molar-refractivity contribution in [1.29, 1.82) is 5.26 Å². The van der Waals surface area contributed by atoms with Crippen LogP contribution in [0.5, 0.6) is 5.75 Å². The van der Waals surface area contributed by atoms with Gasteiger partial charge in [0.15, 0.2) is 5.60 Å². The number of benzene rings is 2. The number of hydrogen-bond donors (Lipinski definition) is 2. The van der Waals surface area contributed by atoms with Gasteiger partial charge in [0.25, 0.3) is 0 Å². The van der Waals surface area contributed by atoms with Crippen LogP contribution in [0, 0.1) is 11.3 Å². The van der Waals surface area contributed by atoms with Crippen LogP contribution in [0.3, 0.4) is 0 Å². The molecule has 0 amide bonds. The number of nitriles is 1. The topological polar surface area (TPSA) is 98.5 Å². The lowest BCUT2D eigenvalue weighted by Crippen LogP contribution is -2.50. The molecule has 6 nitrogen and oxygen atoms in total. The van der Waals surface area contributed by atoms with E-state index in [0.29, 0.717) is 34.0 Å². The molecular formula is C25H24F3N3O3. The molecule has 34 heavy (non-hydrogen) atoms. The van der Waals surface area contributed by atoms with Crippen LogP contribution in [-0.2, 0) is 11.8 Å². The minimum atomic E-state index is -5.02. The first-order valence-electron chi connectivity index (χ1n) is 10.4. The van der Waals surface area contributed by atoms with Crippen molar-refractivity contribution in [2.45, 2.75) is 43.9 Å². The third-order valence-electron chi connectivity index (χ3n) is 5.66. The normalized spacial score (nSPS) is 14.2. The lowest BCUT2D eigenvalue weighted by atomic mass is 9.74. The number of pyridine rings is 1. The Bertz CT molecular complexity index is 1320. The Morgan fingerprint density at radius 3 is 2.50 bits per heavy atom. The number of para-hydroxylation sites is 1. The lowest BCUT2D eigenvalue weighted by Gasteiger charge is -2.36. The predicted octanol–water partition coefficient (Wildman–Crippen LogP) is 4.97. The number of H-pyrrole nitrogens is 1. The predicted molar refractivity (Wildman–Crippen MR) is 124 cm³/mol. The highest BCUT2D eigenvalue weighted by atomic mass is 19.4. The molecule has 0 radical (unpaired) electrons. The second-order valence-electron chi connectivity index (χ2n) is 8.63. The number of aromatic nitrogens is 1. The second kappa shape index (κ2) is 9.31. The molecule has 1 aromatic heterocycles. The molecule has 0 aliphatic carbocycles. The number of methoxy groups -OCH3 is 1. The van der Waals surface area contributed by atoms with Crippen LogP contribution in [0.4, 0.5) is 18.9 Å². The van der Waals surface area contributed by atoms with Crippen molar-refractivity contribution in [3.05, 3.63) is 70.0 Å². The molecule has 3 rings (SSSR count). The van der Waals surface area contributed by atoms with Crippen LogP contribution in [-0.4, -0.2) is 35.2 Å². The number of nitrogens with one attached hydrogen (secondary N) is 1. The summed E-state index contributed by atoms with van der Waals surface area (Å²) in [4.78, 5) is 18.1. The van der Waals surface area contributed by atoms with Gasteiger partial charge in [-0.1, -0.05) is 38.1 Å². The number of alkyl halides is 3. The monoisotopic (exact) mass is 471 g/mol. The average molecular weight is 471 g/mol. The highest BCUT2D eigenvalue weighted by molar-refractivity contribution is 5.91. The van der Waals surface area contributed by atoms with Crippen LogP contribution < -0.4 is 10.3 Å². The molecule has 0 fully saturated rings. The maximum atomic E-state index is 14.1. The molecule has 1 atom stereocenters. The number of fused-ring (bicyclic) bond motifs is 1. The molecule has 0 aliphatic rings. The summed E-state index contributed by atoms with van der Waals surface area (Å²) in [6.07, 6.45) is -5.24. The van der Waals surface area contributed by atoms with Crippen LogP contribution in [0.25, 0.3) is 10.9 Å². The fourth-order valence-electron chi connectivity index (χ4n) is 4.03. The van der Waals surface area contributed by atoms with E-state index < -0.39 is 23.6 Å². The molecule has 0 saturated carbocycles. The van der Waals surface area contributed by atoms with E-state index in [2.05, 4.69) is 9.98 Å². The van der Waals surface area contributed by atoms with Crippen molar-refractivity contribution in [2.24, 2.45) is 4.99 Å². The second-order valence-corrected chi connectivity index (χ2v) is 8.63. The fraction of sp³-hybridized carbons (Fsp3) is 0.320. The Kier molecular flexibility index (Phi) is 6.84. The molecule has 9 heteroatoms. The molecule has 0 saturated heterocycles. The minimum Gasteiger partial charge on any atom is -0.496 e. The van der Waals surface area contributed by atoms with Crippen molar-refractivity contribution in [3.63, 3.8) is 0 Å². The van der Waals surface area contributed by atoms with E-state index in [1.165, 1.54) is 25.3 Å². The first kappa shape index (κ1) is 25.0. The summed E-state index contributed by atoms with van der Waals surface area (Å²) >= 11 is 0. The molecule has 3 aromatic rings. The molecule has 178 valence electrons. The quantitative estimate of drug-likeness (QED) is 0.476. The Balaban J connectivity index is 2.06. The number of aromatic amines is 1. The fourth-order valence-corrected chi connectivity index (χ4v) is 4.03. The number of halogens is 3. The number of rotatable bonds is 7. The van der Waals surface area contributed by atoms with E-state index in [-0.39, 0.29) is 17.7 Å². The molecule has 2 N–H and O–H groups in total. The van der Waals surface area contributed by atoms with Crippen molar-refractivity contribution in [2.75, 3.05) is 7.11 Å². The van der Waals surface area contributed by atoms with Crippen LogP contribution in [0.2, 0.25) is 0 Å². The summed E-state index contributed by atoms with van der Waals surface area (Å²) in [6, 6.07) is 14.3. The molecule has 2 aromatic carbocycles. The van der Waals surface area contributed by atoms with Gasteiger partial charge in [0, 0.05) is 28.8 Å². The van der Waals surface area contributed by atoms with E-state index in [1.807, 2.05) is 6.07 Å². The number of hydrogen-bond acceptors (Lipinski definition) is 5. The summed E-state index contributed by atoms with van der Waals surface area (Å²) in [7, 11) is 1.39. The number of aliphatic hydroxyl groups is 1. The van der Waals surface area contributed by atoms with Gasteiger partial charge in [0.1, 0.15) is 5.75 Å². The van der Waals surface area contributed by atoms with Gasteiger partial charge in [0.2, 0.25) is 5.56 Å². The molecular weight excluding hydrogens is 447 g/mol. The van der Waals surface area contributed by atoms with Crippen LogP contribution in [0.1, 0.15) is 31.4 Å². The maximum absolute atomic E-state index is 14.1. The van der Waals surface area contributed by atoms with Crippen molar-refractivity contribution in [1.82, 2.24) is 4.98 Å². The van der Waals surface area contributed by atoms with Gasteiger partial charge in [-0.15, -0.1) is 0 Å². The number of nitrogens with zero attached hydrogens (tertiary/aromatic N) is 2. The van der Waals surface area contributed by atoms with E-state index >= 15 is 0 Å². The van der Waals surface area contributed by atoms with Crippen molar-refractivity contribution < 1.29 is 23.0 Å². The molecule has 0 bridgehead atoms. The zero-order valence-electron chi connectivity index (χ0n) is 18.9. The molecule has 1 unspecified atom stereocenters. The standard InChI is InChI=1S/C25H24F3N3O3/c1-23(2,18-7-4-6-16(12-13-29)22(18)34-3)14-24(33,25(26,27)28)15-30-19-8-5-9-20-17(19)10-11-21(32)31-20/h4-11,15,33H,12,14H2,1-3H3,(H,31,32)/b30-15+. The Labute approximate surface area is 194 Å². The third-order valence-corrected chi connectivity index (χ3v) is 5.66. The number of aliphatic imine (C=N–C) groups is 1. The zero-order chi connectivity index (χ0) is 25.1. The van der Waals surface area contributed by atoms with Gasteiger partial charge in [-0.05, 0) is 30.0 Å². The Morgan fingerprint density at radius 1 is 1.15 bits per heavy atom. The van der Waals surface area contributed by atoms with Gasteiger partial charge in [-0.2, -0.15) is 18.4 Å². The third kappa shape index (κ3) is 4.97. The minimum absolute atomic E-state index is 0.0290. The summed E-state index contributed by atoms with van der Waals surface area (Å²) in [5.74, 6) is 0.313. The first-order valence-corrected chi connectivity index (χ1v) is 10.4. The highest BCUT2D eigenvalue weighted by Crippen LogP contribution is 2.44. The maximum Gasteiger partial charge on any atom is 0.422 e. The summed E-state index contributed by atoms with van der Waals surface area (Å²) < 4.78 is 47.8. The van der Waals surface area contributed by atoms with Crippen LogP contribution >= 0.6 is 0 Å². The Hall–Kier alpha value is -3.64. The zero-order valence-corrected chi connectivity index (χ0v) is 18.9. The summed E-state index contributed by atoms with van der Waals surface area (Å²) in [5, 5.41) is 20.3. The van der Waals surface area contributed by atoms with Gasteiger partial charge in [-0.25, -0.2) is 0 Å². The van der Waals surface area contributed by atoms with Gasteiger partial charge >= 0.3 is 6.18 Å². The van der Waals surface area contributed by atoms with Gasteiger partial charge in [0.05, 0.1) is 30.8 Å². The number of ether oxygens (including phenoxy) is 1. The Morgan fingerprint density at radius 2 is 1.85 bits per heavy atom. The first-order chi connectivity index (χ1) is 15.9. The largest absolute Gasteiger partial charge is 0.496 e.